The number of rotatable bonds is 3. The molecule has 0 amide bonds. The van der Waals surface area contributed by atoms with E-state index in [2.05, 4.69) is 60.7 Å². The Bertz CT molecular complexity index is 583. The minimum Gasteiger partial charge on any atom is -0.233 e. The van der Waals surface area contributed by atoms with Crippen LogP contribution < -0.4 is 0 Å². The van der Waals surface area contributed by atoms with Crippen LogP contribution in [-0.2, 0) is 6.42 Å². The number of hydrogen-bond acceptors (Lipinski definition) is 2. The van der Waals surface area contributed by atoms with Gasteiger partial charge in [0.25, 0.3) is 0 Å². The maximum Gasteiger partial charge on any atom is 0.130 e. The molecule has 0 aliphatic carbocycles. The number of hydrogen-bond donors (Lipinski definition) is 0. The molecule has 1 heterocycles. The summed E-state index contributed by atoms with van der Waals surface area (Å²) in [6.07, 6.45) is 1.97. The van der Waals surface area contributed by atoms with Crippen molar-refractivity contribution < 1.29 is 0 Å². The monoisotopic (exact) mass is 318 g/mol. The lowest BCUT2D eigenvalue weighted by Gasteiger charge is -2.12. The van der Waals surface area contributed by atoms with E-state index in [4.69, 9.17) is 4.98 Å². The first-order chi connectivity index (χ1) is 9.01. The SMILES string of the molecule is CCCc1nc(Br)cc(-c2c(C)cc(C)cc2C)n1. The molecule has 0 radical (unpaired) electrons. The molecule has 2 nitrogen and oxygen atoms in total. The van der Waals surface area contributed by atoms with Gasteiger partial charge in [0.1, 0.15) is 10.4 Å². The molecule has 0 unspecified atom stereocenters. The fraction of sp³-hybridized carbons (Fsp3) is 0.375. The van der Waals surface area contributed by atoms with Gasteiger partial charge in [-0.3, -0.25) is 0 Å². The van der Waals surface area contributed by atoms with Crippen LogP contribution in [0.2, 0.25) is 0 Å². The molecule has 0 N–H and O–H groups in total. The van der Waals surface area contributed by atoms with Crippen LogP contribution in [0.1, 0.15) is 35.9 Å². The Kier molecular flexibility index (Phi) is 4.35. The van der Waals surface area contributed by atoms with E-state index in [1.165, 1.54) is 22.3 Å². The molecule has 100 valence electrons. The van der Waals surface area contributed by atoms with Crippen molar-refractivity contribution in [1.29, 1.82) is 0 Å². The Morgan fingerprint density at radius 3 is 2.21 bits per heavy atom. The van der Waals surface area contributed by atoms with E-state index in [9.17, 15) is 0 Å². The van der Waals surface area contributed by atoms with Crippen molar-refractivity contribution in [3.8, 4) is 11.3 Å². The van der Waals surface area contributed by atoms with Crippen molar-refractivity contribution in [2.75, 3.05) is 0 Å². The quantitative estimate of drug-likeness (QED) is 0.761. The lowest BCUT2D eigenvalue weighted by atomic mass is 9.97. The van der Waals surface area contributed by atoms with E-state index in [1.54, 1.807) is 0 Å². The van der Waals surface area contributed by atoms with Gasteiger partial charge in [-0.15, -0.1) is 0 Å². The summed E-state index contributed by atoms with van der Waals surface area (Å²) in [5, 5.41) is 0. The van der Waals surface area contributed by atoms with E-state index >= 15 is 0 Å². The summed E-state index contributed by atoms with van der Waals surface area (Å²) in [6, 6.07) is 6.42. The average molecular weight is 319 g/mol. The standard InChI is InChI=1S/C16H19BrN2/c1-5-6-15-18-13(9-14(17)19-15)16-11(3)7-10(2)8-12(16)4/h7-9H,5-6H2,1-4H3. The number of aromatic nitrogens is 2. The number of benzene rings is 1. The van der Waals surface area contributed by atoms with E-state index in [0.717, 1.165) is 29.0 Å². The number of aryl methyl sites for hydroxylation is 4. The van der Waals surface area contributed by atoms with Crippen LogP contribution in [-0.4, -0.2) is 9.97 Å². The van der Waals surface area contributed by atoms with Crippen LogP contribution in [0.5, 0.6) is 0 Å². The van der Waals surface area contributed by atoms with Crippen LogP contribution in [0, 0.1) is 20.8 Å². The first-order valence-electron chi connectivity index (χ1n) is 6.63. The molecule has 0 fully saturated rings. The minimum absolute atomic E-state index is 0.861. The first kappa shape index (κ1) is 14.2. The van der Waals surface area contributed by atoms with Gasteiger partial charge in [-0.25, -0.2) is 9.97 Å². The molecule has 0 saturated heterocycles. The van der Waals surface area contributed by atoms with Crippen molar-refractivity contribution in [2.45, 2.75) is 40.5 Å². The minimum atomic E-state index is 0.861. The fourth-order valence-electron chi connectivity index (χ4n) is 2.51. The predicted molar refractivity (Wildman–Crippen MR) is 83.4 cm³/mol. The predicted octanol–water partition coefficient (Wildman–Crippen LogP) is 4.78. The number of halogens is 1. The van der Waals surface area contributed by atoms with Gasteiger partial charge >= 0.3 is 0 Å². The van der Waals surface area contributed by atoms with Crippen molar-refractivity contribution in [3.05, 3.63) is 45.3 Å². The third kappa shape index (κ3) is 3.21. The lowest BCUT2D eigenvalue weighted by Crippen LogP contribution is -1.99. The van der Waals surface area contributed by atoms with Crippen LogP contribution in [0.25, 0.3) is 11.3 Å². The Balaban J connectivity index is 2.58. The van der Waals surface area contributed by atoms with E-state index in [-0.39, 0.29) is 0 Å². The largest absolute Gasteiger partial charge is 0.233 e. The molecule has 0 spiro atoms. The second-order valence-corrected chi connectivity index (χ2v) is 5.83. The van der Waals surface area contributed by atoms with Gasteiger partial charge in [-0.05, 0) is 60.3 Å². The number of nitrogens with zero attached hydrogens (tertiary/aromatic N) is 2. The van der Waals surface area contributed by atoms with Gasteiger partial charge < -0.3 is 0 Å². The summed E-state index contributed by atoms with van der Waals surface area (Å²) in [5.41, 5.74) is 6.07. The van der Waals surface area contributed by atoms with Crippen LogP contribution in [0.15, 0.2) is 22.8 Å². The Hall–Kier alpha value is -1.22. The Labute approximate surface area is 123 Å². The van der Waals surface area contributed by atoms with Gasteiger partial charge in [0.2, 0.25) is 0 Å². The van der Waals surface area contributed by atoms with Crippen LogP contribution in [0.3, 0.4) is 0 Å². The average Bonchev–Trinajstić information content (AvgIpc) is 2.26. The third-order valence-electron chi connectivity index (χ3n) is 3.15. The van der Waals surface area contributed by atoms with Crippen molar-refractivity contribution >= 4 is 15.9 Å². The van der Waals surface area contributed by atoms with E-state index in [0.29, 0.717) is 0 Å². The highest BCUT2D eigenvalue weighted by Gasteiger charge is 2.10. The summed E-state index contributed by atoms with van der Waals surface area (Å²) in [4.78, 5) is 9.14. The third-order valence-corrected chi connectivity index (χ3v) is 3.55. The highest BCUT2D eigenvalue weighted by molar-refractivity contribution is 9.10. The maximum atomic E-state index is 4.70. The summed E-state index contributed by atoms with van der Waals surface area (Å²) in [6.45, 7) is 8.56. The van der Waals surface area contributed by atoms with Crippen LogP contribution >= 0.6 is 15.9 Å². The second-order valence-electron chi connectivity index (χ2n) is 5.02. The molecule has 19 heavy (non-hydrogen) atoms. The van der Waals surface area contributed by atoms with Crippen molar-refractivity contribution in [2.24, 2.45) is 0 Å². The summed E-state index contributed by atoms with van der Waals surface area (Å²) < 4.78 is 0.861. The van der Waals surface area contributed by atoms with Crippen molar-refractivity contribution in [3.63, 3.8) is 0 Å². The van der Waals surface area contributed by atoms with Gasteiger partial charge in [-0.2, -0.15) is 0 Å². The molecule has 2 rings (SSSR count). The van der Waals surface area contributed by atoms with Gasteiger partial charge in [0.15, 0.2) is 0 Å². The Morgan fingerprint density at radius 1 is 1.00 bits per heavy atom. The summed E-state index contributed by atoms with van der Waals surface area (Å²) in [7, 11) is 0. The summed E-state index contributed by atoms with van der Waals surface area (Å²) in [5.74, 6) is 0.909. The Morgan fingerprint density at radius 2 is 1.63 bits per heavy atom. The lowest BCUT2D eigenvalue weighted by molar-refractivity contribution is 0.830. The molecular formula is C16H19BrN2. The molecule has 0 atom stereocenters. The van der Waals surface area contributed by atoms with Crippen LogP contribution in [0.4, 0.5) is 0 Å². The highest BCUT2D eigenvalue weighted by Crippen LogP contribution is 2.28. The second kappa shape index (κ2) is 5.83. The maximum absolute atomic E-state index is 4.70. The van der Waals surface area contributed by atoms with E-state index < -0.39 is 0 Å². The highest BCUT2D eigenvalue weighted by atomic mass is 79.9. The molecule has 2 aromatic rings. The molecule has 0 saturated carbocycles. The smallest absolute Gasteiger partial charge is 0.130 e. The van der Waals surface area contributed by atoms with Crippen molar-refractivity contribution in [1.82, 2.24) is 9.97 Å². The molecule has 3 heteroatoms. The molecular weight excluding hydrogens is 300 g/mol. The zero-order chi connectivity index (χ0) is 14.0. The zero-order valence-corrected chi connectivity index (χ0v) is 13.5. The van der Waals surface area contributed by atoms with Gasteiger partial charge in [0.05, 0.1) is 5.69 Å². The molecule has 0 bridgehead atoms. The topological polar surface area (TPSA) is 25.8 Å². The van der Waals surface area contributed by atoms with Gasteiger partial charge in [-0.1, -0.05) is 24.6 Å². The first-order valence-corrected chi connectivity index (χ1v) is 7.42. The summed E-state index contributed by atoms with van der Waals surface area (Å²) >= 11 is 3.49. The zero-order valence-electron chi connectivity index (χ0n) is 11.9. The fourth-order valence-corrected chi connectivity index (χ4v) is 2.93. The molecule has 0 aliphatic heterocycles. The van der Waals surface area contributed by atoms with E-state index in [1.807, 2.05) is 6.07 Å². The molecule has 0 aliphatic rings. The van der Waals surface area contributed by atoms with Gasteiger partial charge in [0, 0.05) is 12.0 Å². The normalized spacial score (nSPS) is 10.8. The molecule has 1 aromatic heterocycles. The molecule has 1 aromatic carbocycles.